The third-order valence-electron chi connectivity index (χ3n) is 5.18. The van der Waals surface area contributed by atoms with Gasteiger partial charge in [-0.05, 0) is 79.7 Å². The average Bonchev–Trinajstić information content (AvgIpc) is 3.18. The van der Waals surface area contributed by atoms with Gasteiger partial charge in [0.15, 0.2) is 5.78 Å². The van der Waals surface area contributed by atoms with Gasteiger partial charge in [-0.3, -0.25) is 19.3 Å². The minimum absolute atomic E-state index is 0.284. The number of imide groups is 1. The van der Waals surface area contributed by atoms with Gasteiger partial charge in [-0.1, -0.05) is 39.7 Å². The Hall–Kier alpha value is -2.61. The van der Waals surface area contributed by atoms with Gasteiger partial charge in [-0.15, -0.1) is 0 Å². The van der Waals surface area contributed by atoms with Crippen LogP contribution in [0.25, 0.3) is 11.8 Å². The van der Waals surface area contributed by atoms with Crippen LogP contribution in [-0.4, -0.2) is 32.9 Å². The Morgan fingerprint density at radius 2 is 1.72 bits per heavy atom. The number of carbonyl (C=O) groups is 3. The molecule has 8 heteroatoms. The quantitative estimate of drug-likeness (QED) is 0.282. The lowest BCUT2D eigenvalue weighted by atomic mass is 10.1. The summed E-state index contributed by atoms with van der Waals surface area (Å²) in [7, 11) is 0. The van der Waals surface area contributed by atoms with Crippen molar-refractivity contribution in [2.45, 2.75) is 13.8 Å². The van der Waals surface area contributed by atoms with Gasteiger partial charge in [0.05, 0.1) is 11.4 Å². The topological polar surface area (TPSA) is 59.4 Å². The third-order valence-corrected chi connectivity index (χ3v) is 6.87. The second kappa shape index (κ2) is 9.10. The van der Waals surface area contributed by atoms with Gasteiger partial charge in [0.1, 0.15) is 0 Å². The van der Waals surface area contributed by atoms with Crippen molar-refractivity contribution in [3.8, 4) is 5.69 Å². The Labute approximate surface area is 203 Å². The number of ketones is 1. The number of amides is 2. The van der Waals surface area contributed by atoms with Crippen LogP contribution in [0.1, 0.15) is 27.3 Å². The second-order valence-corrected chi connectivity index (χ2v) is 9.68. The minimum atomic E-state index is -0.457. The van der Waals surface area contributed by atoms with Crippen molar-refractivity contribution in [1.29, 1.82) is 0 Å². The van der Waals surface area contributed by atoms with E-state index in [1.807, 2.05) is 44.2 Å². The van der Waals surface area contributed by atoms with Crippen LogP contribution in [0.2, 0.25) is 5.02 Å². The molecule has 0 atom stereocenters. The lowest BCUT2D eigenvalue weighted by Gasteiger charge is -2.11. The van der Waals surface area contributed by atoms with E-state index in [1.165, 1.54) is 0 Å². The van der Waals surface area contributed by atoms with Crippen LogP contribution in [0.4, 0.5) is 4.79 Å². The first-order chi connectivity index (χ1) is 15.2. The smallest absolute Gasteiger partial charge is 0.293 e. The van der Waals surface area contributed by atoms with Crippen molar-refractivity contribution in [2.75, 3.05) is 6.54 Å². The zero-order valence-corrected chi connectivity index (χ0v) is 20.4. The molecule has 0 aliphatic carbocycles. The van der Waals surface area contributed by atoms with Crippen LogP contribution in [0.5, 0.6) is 0 Å². The Balaban J connectivity index is 1.58. The van der Waals surface area contributed by atoms with Crippen molar-refractivity contribution in [3.05, 3.63) is 91.5 Å². The summed E-state index contributed by atoms with van der Waals surface area (Å²) >= 11 is 10.2. The molecule has 0 radical (unpaired) electrons. The maximum atomic E-state index is 12.9. The predicted molar refractivity (Wildman–Crippen MR) is 131 cm³/mol. The number of aryl methyl sites for hydroxylation is 1. The molecule has 3 aromatic rings. The van der Waals surface area contributed by atoms with E-state index >= 15 is 0 Å². The largest absolute Gasteiger partial charge is 0.318 e. The number of halogens is 2. The molecule has 4 rings (SSSR count). The van der Waals surface area contributed by atoms with Crippen LogP contribution >= 0.6 is 39.3 Å². The van der Waals surface area contributed by atoms with Gasteiger partial charge in [-0.25, -0.2) is 0 Å². The first kappa shape index (κ1) is 22.6. The van der Waals surface area contributed by atoms with Crippen molar-refractivity contribution in [1.82, 2.24) is 9.47 Å². The Morgan fingerprint density at radius 3 is 2.38 bits per heavy atom. The number of hydrogen-bond acceptors (Lipinski definition) is 4. The molecular weight excluding hydrogens is 512 g/mol. The summed E-state index contributed by atoms with van der Waals surface area (Å²) in [4.78, 5) is 39.2. The molecule has 1 saturated heterocycles. The monoisotopic (exact) mass is 528 g/mol. The molecule has 1 fully saturated rings. The third kappa shape index (κ3) is 4.46. The van der Waals surface area contributed by atoms with E-state index in [-0.39, 0.29) is 12.3 Å². The van der Waals surface area contributed by atoms with Crippen LogP contribution in [-0.2, 0) is 4.79 Å². The molecule has 32 heavy (non-hydrogen) atoms. The van der Waals surface area contributed by atoms with E-state index in [4.69, 9.17) is 11.6 Å². The summed E-state index contributed by atoms with van der Waals surface area (Å²) in [6, 6.07) is 16.3. The molecule has 0 saturated carbocycles. The summed E-state index contributed by atoms with van der Waals surface area (Å²) in [6.45, 7) is 3.64. The van der Waals surface area contributed by atoms with Gasteiger partial charge in [-0.2, -0.15) is 0 Å². The second-order valence-electron chi connectivity index (χ2n) is 7.34. The van der Waals surface area contributed by atoms with E-state index in [2.05, 4.69) is 20.5 Å². The van der Waals surface area contributed by atoms with Gasteiger partial charge >= 0.3 is 0 Å². The summed E-state index contributed by atoms with van der Waals surface area (Å²) in [5.74, 6) is -0.747. The highest BCUT2D eigenvalue weighted by Crippen LogP contribution is 2.34. The maximum Gasteiger partial charge on any atom is 0.293 e. The van der Waals surface area contributed by atoms with E-state index < -0.39 is 11.1 Å². The number of nitrogens with zero attached hydrogens (tertiary/aromatic N) is 2. The molecular formula is C24H18BrClN2O3S. The zero-order chi connectivity index (χ0) is 23.0. The van der Waals surface area contributed by atoms with Crippen molar-refractivity contribution in [2.24, 2.45) is 0 Å². The lowest BCUT2D eigenvalue weighted by molar-refractivity contribution is -0.122. The summed E-state index contributed by atoms with van der Waals surface area (Å²) in [6.07, 6.45) is 1.71. The van der Waals surface area contributed by atoms with E-state index in [0.29, 0.717) is 15.5 Å². The number of thioether (sulfide) groups is 1. The molecule has 2 amide bonds. The molecule has 0 N–H and O–H groups in total. The summed E-state index contributed by atoms with van der Waals surface area (Å²) < 4.78 is 2.91. The van der Waals surface area contributed by atoms with Gasteiger partial charge in [0.25, 0.3) is 11.1 Å². The van der Waals surface area contributed by atoms with Crippen LogP contribution in [0, 0.1) is 13.8 Å². The van der Waals surface area contributed by atoms with Crippen molar-refractivity contribution < 1.29 is 14.4 Å². The molecule has 0 bridgehead atoms. The molecule has 0 spiro atoms. The molecule has 0 unspecified atom stereocenters. The molecule has 162 valence electrons. The standard InChI is InChI=1S/C24H18BrClN2O3S/c1-14-11-17(15(2)28(14)20-9-7-19(26)8-10-20)12-22-23(30)27(24(31)32-22)13-21(29)16-3-5-18(25)6-4-16/h3-12H,13H2,1-2H3/b22-12+. The normalized spacial score (nSPS) is 15.1. The number of Topliss-reactive ketones (excluding diaryl/α,β-unsaturated/α-hetero) is 1. The Morgan fingerprint density at radius 1 is 1.06 bits per heavy atom. The highest BCUT2D eigenvalue weighted by atomic mass is 79.9. The highest BCUT2D eigenvalue weighted by molar-refractivity contribution is 9.10. The Bertz CT molecular complexity index is 1260. The fraction of sp³-hybridized carbons (Fsp3) is 0.125. The number of hydrogen-bond donors (Lipinski definition) is 0. The zero-order valence-electron chi connectivity index (χ0n) is 17.3. The molecule has 1 aromatic heterocycles. The molecule has 2 heterocycles. The molecule has 2 aromatic carbocycles. The number of aromatic nitrogens is 1. The SMILES string of the molecule is Cc1cc(/C=C2/SC(=O)N(CC(=O)c3ccc(Br)cc3)C2=O)c(C)n1-c1ccc(Cl)cc1. The number of carbonyl (C=O) groups excluding carboxylic acids is 3. The minimum Gasteiger partial charge on any atom is -0.318 e. The average molecular weight is 530 g/mol. The fourth-order valence-electron chi connectivity index (χ4n) is 3.57. The van der Waals surface area contributed by atoms with Gasteiger partial charge in [0.2, 0.25) is 0 Å². The Kier molecular flexibility index (Phi) is 6.42. The summed E-state index contributed by atoms with van der Waals surface area (Å²) in [5.41, 5.74) is 4.16. The lowest BCUT2D eigenvalue weighted by Crippen LogP contribution is -2.33. The van der Waals surface area contributed by atoms with Crippen LogP contribution in [0.15, 0.2) is 64.0 Å². The van der Waals surface area contributed by atoms with Gasteiger partial charge < -0.3 is 4.57 Å². The predicted octanol–water partition coefficient (Wildman–Crippen LogP) is 6.43. The van der Waals surface area contributed by atoms with Crippen LogP contribution in [0.3, 0.4) is 0 Å². The van der Waals surface area contributed by atoms with Crippen molar-refractivity contribution in [3.63, 3.8) is 0 Å². The first-order valence-electron chi connectivity index (χ1n) is 9.73. The van der Waals surface area contributed by atoms with E-state index in [1.54, 1.807) is 30.3 Å². The van der Waals surface area contributed by atoms with Gasteiger partial charge in [0, 0.05) is 32.1 Å². The summed E-state index contributed by atoms with van der Waals surface area (Å²) in [5, 5.41) is 0.209. The van der Waals surface area contributed by atoms with E-state index in [0.717, 1.165) is 43.8 Å². The van der Waals surface area contributed by atoms with Crippen LogP contribution < -0.4 is 0 Å². The molecule has 1 aliphatic rings. The first-order valence-corrected chi connectivity index (χ1v) is 11.7. The number of benzene rings is 2. The maximum absolute atomic E-state index is 12.9. The molecule has 5 nitrogen and oxygen atoms in total. The van der Waals surface area contributed by atoms with Crippen molar-refractivity contribution >= 4 is 62.3 Å². The fourth-order valence-corrected chi connectivity index (χ4v) is 4.79. The number of rotatable bonds is 5. The molecule has 1 aliphatic heterocycles. The highest BCUT2D eigenvalue weighted by Gasteiger charge is 2.36. The van der Waals surface area contributed by atoms with E-state index in [9.17, 15) is 14.4 Å².